The molecule has 5 heteroatoms. The van der Waals surface area contributed by atoms with Crippen LogP contribution in [0.3, 0.4) is 0 Å². The molecule has 0 unspecified atom stereocenters. The molecular weight excluding hydrogens is 304 g/mol. The maximum atomic E-state index is 12.3. The van der Waals surface area contributed by atoms with Gasteiger partial charge in [0.25, 0.3) is 5.91 Å². The second-order valence-corrected chi connectivity index (χ2v) is 5.43. The topological polar surface area (TPSA) is 63.4 Å². The van der Waals surface area contributed by atoms with Gasteiger partial charge in [-0.3, -0.25) is 4.79 Å². The van der Waals surface area contributed by atoms with Crippen molar-refractivity contribution in [1.29, 1.82) is 0 Å². The summed E-state index contributed by atoms with van der Waals surface area (Å²) in [6, 6.07) is 13.1. The second-order valence-electron chi connectivity index (χ2n) is 5.43. The van der Waals surface area contributed by atoms with Crippen molar-refractivity contribution in [3.8, 4) is 11.5 Å². The molecule has 1 amide bonds. The number of benzene rings is 2. The van der Waals surface area contributed by atoms with Gasteiger partial charge < -0.3 is 19.8 Å². The lowest BCUT2D eigenvalue weighted by molar-refractivity contribution is 0.0951. The van der Waals surface area contributed by atoms with E-state index < -0.39 is 0 Å². The molecule has 5 nitrogen and oxygen atoms in total. The number of para-hydroxylation sites is 1. The van der Waals surface area contributed by atoms with Crippen molar-refractivity contribution in [3.05, 3.63) is 59.8 Å². The Bertz CT molecular complexity index is 855. The van der Waals surface area contributed by atoms with Crippen LogP contribution in [-0.4, -0.2) is 31.7 Å². The number of nitrogens with one attached hydrogen (secondary N) is 2. The normalized spacial score (nSPS) is 10.6. The zero-order valence-electron chi connectivity index (χ0n) is 13.8. The molecule has 124 valence electrons. The Morgan fingerprint density at radius 2 is 1.96 bits per heavy atom. The van der Waals surface area contributed by atoms with Crippen LogP contribution in [0, 0.1) is 0 Å². The molecule has 3 rings (SSSR count). The quantitative estimate of drug-likeness (QED) is 0.732. The average Bonchev–Trinajstić information content (AvgIpc) is 3.03. The molecule has 0 saturated heterocycles. The Kier molecular flexibility index (Phi) is 4.70. The van der Waals surface area contributed by atoms with Crippen LogP contribution >= 0.6 is 0 Å². The minimum absolute atomic E-state index is 0.131. The summed E-state index contributed by atoms with van der Waals surface area (Å²) in [7, 11) is 3.21. The molecule has 2 N–H and O–H groups in total. The minimum Gasteiger partial charge on any atom is -0.497 e. The van der Waals surface area contributed by atoms with E-state index in [0.29, 0.717) is 17.9 Å². The molecule has 0 aliphatic carbocycles. The number of aromatic nitrogens is 1. The number of carbonyl (C=O) groups is 1. The van der Waals surface area contributed by atoms with Crippen molar-refractivity contribution in [2.75, 3.05) is 20.8 Å². The van der Waals surface area contributed by atoms with Crippen LogP contribution in [0.25, 0.3) is 10.9 Å². The highest BCUT2D eigenvalue weighted by molar-refractivity contribution is 5.96. The van der Waals surface area contributed by atoms with Crippen molar-refractivity contribution in [3.63, 3.8) is 0 Å². The molecule has 0 radical (unpaired) electrons. The van der Waals surface area contributed by atoms with Gasteiger partial charge in [-0.15, -0.1) is 0 Å². The van der Waals surface area contributed by atoms with E-state index in [0.717, 1.165) is 28.6 Å². The minimum atomic E-state index is -0.131. The van der Waals surface area contributed by atoms with E-state index in [9.17, 15) is 4.79 Å². The number of methoxy groups -OCH3 is 2. The van der Waals surface area contributed by atoms with Crippen LogP contribution in [0.1, 0.15) is 15.9 Å². The van der Waals surface area contributed by atoms with Crippen LogP contribution in [0.5, 0.6) is 11.5 Å². The van der Waals surface area contributed by atoms with E-state index in [2.05, 4.69) is 10.3 Å². The first-order valence-corrected chi connectivity index (χ1v) is 7.78. The number of aromatic amines is 1. The predicted octanol–water partition coefficient (Wildman–Crippen LogP) is 3.16. The third-order valence-electron chi connectivity index (χ3n) is 4.01. The summed E-state index contributed by atoms with van der Waals surface area (Å²) >= 11 is 0. The number of carbonyl (C=O) groups excluding carboxylic acids is 1. The van der Waals surface area contributed by atoms with E-state index >= 15 is 0 Å². The van der Waals surface area contributed by atoms with Crippen molar-refractivity contribution in [2.24, 2.45) is 0 Å². The third-order valence-corrected chi connectivity index (χ3v) is 4.01. The summed E-state index contributed by atoms with van der Waals surface area (Å²) in [6.45, 7) is 0.551. The molecule has 0 atom stereocenters. The lowest BCUT2D eigenvalue weighted by atomic mass is 10.1. The van der Waals surface area contributed by atoms with Gasteiger partial charge in [-0.05, 0) is 36.2 Å². The highest BCUT2D eigenvalue weighted by atomic mass is 16.5. The summed E-state index contributed by atoms with van der Waals surface area (Å²) in [5.74, 6) is 1.27. The van der Waals surface area contributed by atoms with Gasteiger partial charge in [0.2, 0.25) is 0 Å². The maximum absolute atomic E-state index is 12.3. The van der Waals surface area contributed by atoms with E-state index in [-0.39, 0.29) is 5.91 Å². The Morgan fingerprint density at radius 1 is 1.12 bits per heavy atom. The second kappa shape index (κ2) is 7.08. The molecule has 0 aliphatic rings. The molecule has 2 aromatic carbocycles. The van der Waals surface area contributed by atoms with Gasteiger partial charge in [0.1, 0.15) is 11.5 Å². The summed E-state index contributed by atoms with van der Waals surface area (Å²) in [5, 5.41) is 4.08. The van der Waals surface area contributed by atoms with Gasteiger partial charge in [-0.2, -0.15) is 0 Å². The molecule has 0 bridgehead atoms. The van der Waals surface area contributed by atoms with Gasteiger partial charge in [0.05, 0.1) is 19.8 Å². The van der Waals surface area contributed by atoms with Crippen molar-refractivity contribution < 1.29 is 14.3 Å². The van der Waals surface area contributed by atoms with Crippen LogP contribution < -0.4 is 14.8 Å². The number of fused-ring (bicyclic) bond motifs is 1. The molecule has 0 fully saturated rings. The number of hydrogen-bond acceptors (Lipinski definition) is 3. The molecule has 0 saturated carbocycles. The molecule has 24 heavy (non-hydrogen) atoms. The Balaban J connectivity index is 1.65. The number of ether oxygens (including phenoxy) is 2. The number of amides is 1. The van der Waals surface area contributed by atoms with E-state index in [1.165, 1.54) is 0 Å². The summed E-state index contributed by atoms with van der Waals surface area (Å²) in [4.78, 5) is 15.5. The first-order chi connectivity index (χ1) is 11.7. The third kappa shape index (κ3) is 3.20. The molecule has 1 aromatic heterocycles. The Morgan fingerprint density at radius 3 is 2.75 bits per heavy atom. The van der Waals surface area contributed by atoms with Crippen LogP contribution in [-0.2, 0) is 6.42 Å². The number of hydrogen-bond donors (Lipinski definition) is 2. The summed E-state index contributed by atoms with van der Waals surface area (Å²) in [6.07, 6.45) is 2.71. The lowest BCUT2D eigenvalue weighted by Gasteiger charge is -2.09. The highest BCUT2D eigenvalue weighted by Crippen LogP contribution is 2.23. The molecule has 0 aliphatic heterocycles. The van der Waals surface area contributed by atoms with Crippen molar-refractivity contribution in [1.82, 2.24) is 10.3 Å². The first kappa shape index (κ1) is 15.9. The summed E-state index contributed by atoms with van der Waals surface area (Å²) in [5.41, 5.74) is 2.73. The van der Waals surface area contributed by atoms with Gasteiger partial charge in [-0.1, -0.05) is 12.1 Å². The fraction of sp³-hybridized carbons (Fsp3) is 0.211. The van der Waals surface area contributed by atoms with Gasteiger partial charge >= 0.3 is 0 Å². The zero-order chi connectivity index (χ0) is 16.9. The van der Waals surface area contributed by atoms with Crippen molar-refractivity contribution in [2.45, 2.75) is 6.42 Å². The van der Waals surface area contributed by atoms with Crippen LogP contribution in [0.2, 0.25) is 0 Å². The molecular formula is C19H20N2O3. The van der Waals surface area contributed by atoms with E-state index in [1.54, 1.807) is 26.4 Å². The first-order valence-electron chi connectivity index (χ1n) is 7.78. The Hall–Kier alpha value is -2.95. The SMILES string of the molecule is COc1ccc2c(CCNC(=O)c3ccccc3OC)c[nH]c2c1. The standard InChI is InChI=1S/C19H20N2O3/c1-23-14-7-8-15-13(12-21-17(15)11-14)9-10-20-19(22)16-5-3-4-6-18(16)24-2/h3-8,11-12,21H,9-10H2,1-2H3,(H,20,22). The summed E-state index contributed by atoms with van der Waals surface area (Å²) < 4.78 is 10.4. The maximum Gasteiger partial charge on any atom is 0.255 e. The largest absolute Gasteiger partial charge is 0.497 e. The fourth-order valence-electron chi connectivity index (χ4n) is 2.74. The lowest BCUT2D eigenvalue weighted by Crippen LogP contribution is -2.26. The van der Waals surface area contributed by atoms with Gasteiger partial charge in [0, 0.05) is 29.7 Å². The Labute approximate surface area is 140 Å². The number of H-pyrrole nitrogens is 1. The van der Waals surface area contributed by atoms with Crippen LogP contribution in [0.15, 0.2) is 48.7 Å². The molecule has 1 heterocycles. The number of rotatable bonds is 6. The smallest absolute Gasteiger partial charge is 0.255 e. The van der Waals surface area contributed by atoms with E-state index in [1.807, 2.05) is 36.5 Å². The average molecular weight is 324 g/mol. The van der Waals surface area contributed by atoms with Gasteiger partial charge in [-0.25, -0.2) is 0 Å². The zero-order valence-corrected chi connectivity index (χ0v) is 13.8. The van der Waals surface area contributed by atoms with Crippen molar-refractivity contribution >= 4 is 16.8 Å². The molecule has 3 aromatic rings. The van der Waals surface area contributed by atoms with Crippen LogP contribution in [0.4, 0.5) is 0 Å². The fourth-order valence-corrected chi connectivity index (χ4v) is 2.74. The monoisotopic (exact) mass is 324 g/mol. The highest BCUT2D eigenvalue weighted by Gasteiger charge is 2.11. The molecule has 0 spiro atoms. The van der Waals surface area contributed by atoms with E-state index in [4.69, 9.17) is 9.47 Å². The van der Waals surface area contributed by atoms with Gasteiger partial charge in [0.15, 0.2) is 0 Å². The predicted molar refractivity (Wildman–Crippen MR) is 93.9 cm³/mol.